The Kier molecular flexibility index (Phi) is 9.13. The maximum absolute atomic E-state index is 11.5. The Morgan fingerprint density at radius 2 is 1.61 bits per heavy atom. The van der Waals surface area contributed by atoms with E-state index >= 15 is 0 Å². The van der Waals surface area contributed by atoms with Crippen LogP contribution in [-0.4, -0.2) is 98.4 Å². The Morgan fingerprint density at radius 1 is 0.968 bits per heavy atom. The number of carboxylic acid groups (broad SMARTS) is 3. The van der Waals surface area contributed by atoms with Gasteiger partial charge in [0.2, 0.25) is 0 Å². The van der Waals surface area contributed by atoms with E-state index in [2.05, 4.69) is 22.4 Å². The fraction of sp³-hybridized carbons (Fsp3) is 0.400. The molecule has 1 aliphatic heterocycles. The van der Waals surface area contributed by atoms with Crippen LogP contribution in [0.5, 0.6) is 0 Å². The molecule has 0 spiro atoms. The molecule has 1 heterocycles. The lowest BCUT2D eigenvalue weighted by molar-refractivity contribution is -0.140. The number of nitrogens with zero attached hydrogens (tertiary/aromatic N) is 4. The summed E-state index contributed by atoms with van der Waals surface area (Å²) >= 11 is 4.60. The molecule has 0 saturated heterocycles. The van der Waals surface area contributed by atoms with Gasteiger partial charge in [0.15, 0.2) is 0 Å². The van der Waals surface area contributed by atoms with Crippen molar-refractivity contribution in [2.75, 3.05) is 39.3 Å². The molecule has 1 aliphatic rings. The van der Waals surface area contributed by atoms with Crippen LogP contribution in [0.4, 0.5) is 5.69 Å². The Hall–Kier alpha value is -3.27. The molecule has 0 bridgehead atoms. The average molecular weight is 449 g/mol. The van der Waals surface area contributed by atoms with E-state index in [1.807, 2.05) is 12.1 Å². The molecule has 3 N–H and O–H groups in total. The summed E-state index contributed by atoms with van der Waals surface area (Å²) in [4.78, 5) is 42.7. The Labute approximate surface area is 184 Å². The first-order valence-electron chi connectivity index (χ1n) is 9.49. The minimum absolute atomic E-state index is 0.235. The number of aliphatic imine (C=N–C) groups is 1. The van der Waals surface area contributed by atoms with Crippen molar-refractivity contribution in [3.05, 3.63) is 42.2 Å². The number of isothiocyanates is 1. The van der Waals surface area contributed by atoms with E-state index in [0.717, 1.165) is 5.56 Å². The van der Waals surface area contributed by atoms with Gasteiger partial charge < -0.3 is 25.1 Å². The van der Waals surface area contributed by atoms with E-state index in [9.17, 15) is 24.6 Å². The average Bonchev–Trinajstić information content (AvgIpc) is 2.74. The van der Waals surface area contributed by atoms with Gasteiger partial charge in [0.25, 0.3) is 0 Å². The number of rotatable bonds is 9. The van der Waals surface area contributed by atoms with Crippen molar-refractivity contribution in [3.63, 3.8) is 0 Å². The summed E-state index contributed by atoms with van der Waals surface area (Å²) in [7, 11) is 0. The van der Waals surface area contributed by atoms with Crippen LogP contribution < -0.4 is 0 Å². The third-order valence-corrected chi connectivity index (χ3v) is 4.80. The Morgan fingerprint density at radius 3 is 2.19 bits per heavy atom. The molecule has 1 unspecified atom stereocenters. The summed E-state index contributed by atoms with van der Waals surface area (Å²) < 4.78 is 0. The second-order valence-corrected chi connectivity index (χ2v) is 7.27. The van der Waals surface area contributed by atoms with Gasteiger partial charge in [-0.3, -0.25) is 19.3 Å². The third-order valence-electron chi connectivity index (χ3n) is 4.71. The normalized spacial score (nSPS) is 18.3. The van der Waals surface area contributed by atoms with Crippen LogP contribution in [0.2, 0.25) is 0 Å². The molecule has 0 saturated carbocycles. The standard InChI is InChI=1S/C20H24N4O6S/c25-18(26)11-22-5-6-23(12-19(27)28)10-17(24(8-7-22)13-20(29)30)9-15-1-3-16(4-2-15)21-14-31/h1-4,7-8,17H,5-6,9-13H2,(H,25,26)(H,27,28)(H,29,30)/b8-7-. The first-order valence-corrected chi connectivity index (χ1v) is 9.90. The van der Waals surface area contributed by atoms with Gasteiger partial charge in [-0.2, -0.15) is 4.99 Å². The largest absolute Gasteiger partial charge is 0.480 e. The molecule has 0 amide bonds. The van der Waals surface area contributed by atoms with Crippen LogP contribution in [0.15, 0.2) is 41.7 Å². The SMILES string of the molecule is O=C(O)CN1/C=C\N(CC(=O)O)C(Cc2ccc(N=C=S)cc2)CN(CC(=O)O)CC1. The predicted octanol–water partition coefficient (Wildman–Crippen LogP) is 0.977. The maximum Gasteiger partial charge on any atom is 0.323 e. The lowest BCUT2D eigenvalue weighted by Gasteiger charge is -2.33. The molecule has 0 aromatic heterocycles. The maximum atomic E-state index is 11.5. The van der Waals surface area contributed by atoms with Gasteiger partial charge in [0.05, 0.1) is 17.4 Å². The summed E-state index contributed by atoms with van der Waals surface area (Å²) in [6.07, 6.45) is 3.57. The highest BCUT2D eigenvalue weighted by molar-refractivity contribution is 7.78. The first kappa shape index (κ1) is 24.0. The number of carboxylic acids is 3. The number of benzene rings is 1. The van der Waals surface area contributed by atoms with Crippen molar-refractivity contribution in [2.24, 2.45) is 4.99 Å². The zero-order valence-electron chi connectivity index (χ0n) is 16.8. The van der Waals surface area contributed by atoms with Gasteiger partial charge in [0, 0.05) is 38.1 Å². The van der Waals surface area contributed by atoms with Crippen LogP contribution in [0, 0.1) is 0 Å². The van der Waals surface area contributed by atoms with Gasteiger partial charge >= 0.3 is 17.9 Å². The molecule has 0 aliphatic carbocycles. The molecular formula is C20H24N4O6S. The summed E-state index contributed by atoms with van der Waals surface area (Å²) in [6.45, 7) is 0.101. The summed E-state index contributed by atoms with van der Waals surface area (Å²) in [5.41, 5.74) is 1.56. The van der Waals surface area contributed by atoms with Crippen LogP contribution in [-0.2, 0) is 20.8 Å². The number of thiocarbonyl (C=S) groups is 1. The molecule has 1 atom stereocenters. The highest BCUT2D eigenvalue weighted by atomic mass is 32.1. The van der Waals surface area contributed by atoms with Crippen molar-refractivity contribution in [2.45, 2.75) is 12.5 Å². The fourth-order valence-electron chi connectivity index (χ4n) is 3.33. The third kappa shape index (κ3) is 8.55. The topological polar surface area (TPSA) is 134 Å². The monoisotopic (exact) mass is 448 g/mol. The van der Waals surface area contributed by atoms with Gasteiger partial charge in [0.1, 0.15) is 13.1 Å². The number of carbonyl (C=O) groups is 3. The highest BCUT2D eigenvalue weighted by Crippen LogP contribution is 2.17. The van der Waals surface area contributed by atoms with Crippen molar-refractivity contribution in [3.8, 4) is 0 Å². The quantitative estimate of drug-likeness (QED) is 0.371. The van der Waals surface area contributed by atoms with Gasteiger partial charge in [-0.05, 0) is 36.3 Å². The fourth-order valence-corrected chi connectivity index (χ4v) is 3.44. The summed E-state index contributed by atoms with van der Waals surface area (Å²) in [5.74, 6) is -3.09. The second kappa shape index (κ2) is 11.8. The van der Waals surface area contributed by atoms with Crippen molar-refractivity contribution < 1.29 is 29.7 Å². The van der Waals surface area contributed by atoms with E-state index in [4.69, 9.17) is 5.11 Å². The lowest BCUT2D eigenvalue weighted by Crippen LogP contribution is -2.46. The molecular weight excluding hydrogens is 424 g/mol. The van der Waals surface area contributed by atoms with Gasteiger partial charge in [-0.1, -0.05) is 12.1 Å². The second-order valence-electron chi connectivity index (χ2n) is 7.08. The van der Waals surface area contributed by atoms with Crippen molar-refractivity contribution >= 4 is 41.0 Å². The minimum Gasteiger partial charge on any atom is -0.480 e. The minimum atomic E-state index is -1.05. The van der Waals surface area contributed by atoms with E-state index in [1.54, 1.807) is 34.3 Å². The van der Waals surface area contributed by atoms with Crippen LogP contribution >= 0.6 is 12.2 Å². The van der Waals surface area contributed by atoms with Crippen LogP contribution in [0.3, 0.4) is 0 Å². The number of aliphatic carboxylic acids is 3. The highest BCUT2D eigenvalue weighted by Gasteiger charge is 2.25. The van der Waals surface area contributed by atoms with Crippen LogP contribution in [0.1, 0.15) is 5.56 Å². The van der Waals surface area contributed by atoms with Gasteiger partial charge in [-0.15, -0.1) is 0 Å². The molecule has 2 rings (SSSR count). The zero-order valence-corrected chi connectivity index (χ0v) is 17.6. The van der Waals surface area contributed by atoms with Crippen LogP contribution in [0.25, 0.3) is 0 Å². The molecule has 10 nitrogen and oxygen atoms in total. The number of hydrogen-bond acceptors (Lipinski definition) is 8. The zero-order chi connectivity index (χ0) is 22.8. The first-order chi connectivity index (χ1) is 14.8. The molecule has 1 aromatic rings. The van der Waals surface area contributed by atoms with Gasteiger partial charge in [-0.25, -0.2) is 0 Å². The molecule has 0 fully saturated rings. The van der Waals surface area contributed by atoms with Crippen molar-refractivity contribution in [1.82, 2.24) is 14.7 Å². The molecule has 1 aromatic carbocycles. The van der Waals surface area contributed by atoms with Crippen molar-refractivity contribution in [1.29, 1.82) is 0 Å². The number of hydrogen-bond donors (Lipinski definition) is 3. The molecule has 11 heteroatoms. The van der Waals surface area contributed by atoms with E-state index in [1.165, 1.54) is 4.90 Å². The van der Waals surface area contributed by atoms with E-state index in [-0.39, 0.29) is 25.7 Å². The lowest BCUT2D eigenvalue weighted by atomic mass is 10.0. The summed E-state index contributed by atoms with van der Waals surface area (Å²) in [5, 5.41) is 30.1. The predicted molar refractivity (Wildman–Crippen MR) is 115 cm³/mol. The smallest absolute Gasteiger partial charge is 0.323 e. The van der Waals surface area contributed by atoms with E-state index in [0.29, 0.717) is 31.7 Å². The molecule has 31 heavy (non-hydrogen) atoms. The Balaban J connectivity index is 2.33. The molecule has 0 radical (unpaired) electrons. The Bertz CT molecular complexity index is 869. The molecule has 166 valence electrons. The summed E-state index contributed by atoms with van der Waals surface area (Å²) in [6, 6.07) is 6.88. The van der Waals surface area contributed by atoms with E-state index < -0.39 is 17.9 Å².